The Balaban J connectivity index is 1.42. The number of nitrogens with zero attached hydrogens (tertiary/aromatic N) is 6. The van der Waals surface area contributed by atoms with Gasteiger partial charge in [0, 0.05) is 54.3 Å². The molecule has 2 bridgehead atoms. The Bertz CT molecular complexity index is 1200. The molecule has 9 nitrogen and oxygen atoms in total. The standard InChI is InChI=1S/C23H25N9/c1-14-9-22(31-30-14)28-21-12-20-19(6-3-15(13-25)26-20)23(29-21)27-16-10-17-4-5-18(11-16)32(17)8-2-7-24/h3,6,9,12,16-18H,2,4-5,8,10-11H2,1H3,(H3,27,28,29,30,31)/t16-,17-,18+. The van der Waals surface area contributed by atoms with Crippen molar-refractivity contribution in [3.63, 3.8) is 0 Å². The predicted octanol–water partition coefficient (Wildman–Crippen LogP) is 3.60. The summed E-state index contributed by atoms with van der Waals surface area (Å²) in [5, 5.41) is 33.2. The minimum absolute atomic E-state index is 0.306. The Morgan fingerprint density at radius 1 is 1.12 bits per heavy atom. The van der Waals surface area contributed by atoms with Gasteiger partial charge in [0.05, 0.1) is 11.6 Å². The molecule has 0 aromatic carbocycles. The second-order valence-electron chi connectivity index (χ2n) is 8.64. The lowest BCUT2D eigenvalue weighted by molar-refractivity contribution is 0.136. The number of aromatic nitrogens is 4. The van der Waals surface area contributed by atoms with E-state index in [4.69, 9.17) is 10.2 Å². The van der Waals surface area contributed by atoms with Crippen LogP contribution < -0.4 is 10.6 Å². The average Bonchev–Trinajstić information content (AvgIpc) is 3.30. The number of nitriles is 2. The summed E-state index contributed by atoms with van der Waals surface area (Å²) in [6, 6.07) is 13.1. The van der Waals surface area contributed by atoms with Gasteiger partial charge in [-0.15, -0.1) is 0 Å². The Morgan fingerprint density at radius 3 is 2.62 bits per heavy atom. The van der Waals surface area contributed by atoms with E-state index in [9.17, 15) is 5.26 Å². The van der Waals surface area contributed by atoms with Crippen LogP contribution in [0.1, 0.15) is 43.5 Å². The van der Waals surface area contributed by atoms with Crippen LogP contribution in [0.2, 0.25) is 0 Å². The number of piperidine rings is 1. The molecule has 3 aromatic rings. The largest absolute Gasteiger partial charge is 0.367 e. The monoisotopic (exact) mass is 427 g/mol. The van der Waals surface area contributed by atoms with Crippen LogP contribution >= 0.6 is 0 Å². The van der Waals surface area contributed by atoms with Gasteiger partial charge in [0.15, 0.2) is 5.82 Å². The fourth-order valence-corrected chi connectivity index (χ4v) is 5.11. The van der Waals surface area contributed by atoms with E-state index in [1.165, 1.54) is 12.8 Å². The maximum absolute atomic E-state index is 9.29. The van der Waals surface area contributed by atoms with Crippen LogP contribution in [0.4, 0.5) is 17.5 Å². The van der Waals surface area contributed by atoms with Gasteiger partial charge in [-0.1, -0.05) is 0 Å². The zero-order valence-electron chi connectivity index (χ0n) is 18.0. The second kappa shape index (κ2) is 8.45. The van der Waals surface area contributed by atoms with Gasteiger partial charge < -0.3 is 10.6 Å². The number of hydrogen-bond donors (Lipinski definition) is 3. The van der Waals surface area contributed by atoms with E-state index in [1.54, 1.807) is 6.07 Å². The Morgan fingerprint density at radius 2 is 1.94 bits per heavy atom. The highest BCUT2D eigenvalue weighted by Gasteiger charge is 2.40. The number of hydrogen-bond acceptors (Lipinski definition) is 8. The number of aromatic amines is 1. The molecule has 5 rings (SSSR count). The third-order valence-corrected chi connectivity index (χ3v) is 6.47. The molecule has 0 radical (unpaired) electrons. The van der Waals surface area contributed by atoms with Crippen molar-refractivity contribution in [2.75, 3.05) is 17.2 Å². The van der Waals surface area contributed by atoms with E-state index >= 15 is 0 Å². The molecule has 2 fully saturated rings. The zero-order valence-corrected chi connectivity index (χ0v) is 18.0. The van der Waals surface area contributed by atoms with Gasteiger partial charge in [-0.05, 0) is 44.7 Å². The molecule has 0 aliphatic carbocycles. The van der Waals surface area contributed by atoms with E-state index in [1.807, 2.05) is 25.1 Å². The number of H-pyrrole nitrogens is 1. The summed E-state index contributed by atoms with van der Waals surface area (Å²) in [7, 11) is 0. The molecule has 3 aromatic heterocycles. The van der Waals surface area contributed by atoms with Crippen LogP contribution in [0.3, 0.4) is 0 Å². The summed E-state index contributed by atoms with van der Waals surface area (Å²) in [5.41, 5.74) is 2.04. The first-order valence-corrected chi connectivity index (χ1v) is 11.0. The van der Waals surface area contributed by atoms with Gasteiger partial charge in [-0.2, -0.15) is 15.6 Å². The quantitative estimate of drug-likeness (QED) is 0.544. The van der Waals surface area contributed by atoms with E-state index in [2.05, 4.69) is 42.9 Å². The van der Waals surface area contributed by atoms with Crippen LogP contribution in [-0.2, 0) is 0 Å². The first-order valence-electron chi connectivity index (χ1n) is 11.0. The molecule has 0 saturated carbocycles. The Hall–Kier alpha value is -3.69. The Kier molecular flexibility index (Phi) is 5.34. The lowest BCUT2D eigenvalue weighted by Crippen LogP contribution is -2.47. The van der Waals surface area contributed by atoms with Crippen LogP contribution in [0.15, 0.2) is 24.3 Å². The lowest BCUT2D eigenvalue weighted by Gasteiger charge is -2.39. The molecule has 3 N–H and O–H groups in total. The molecule has 2 aliphatic rings. The number of nitrogens with one attached hydrogen (secondary N) is 3. The van der Waals surface area contributed by atoms with Gasteiger partial charge in [-0.25, -0.2) is 9.97 Å². The van der Waals surface area contributed by atoms with Crippen molar-refractivity contribution in [1.29, 1.82) is 10.5 Å². The zero-order chi connectivity index (χ0) is 22.1. The van der Waals surface area contributed by atoms with E-state index < -0.39 is 0 Å². The van der Waals surface area contributed by atoms with Crippen LogP contribution in [0, 0.1) is 29.6 Å². The smallest absolute Gasteiger partial charge is 0.153 e. The highest BCUT2D eigenvalue weighted by molar-refractivity contribution is 5.92. The Labute approximate surface area is 186 Å². The van der Waals surface area contributed by atoms with Crippen molar-refractivity contribution in [3.8, 4) is 12.1 Å². The molecule has 2 saturated heterocycles. The molecule has 5 heterocycles. The number of aryl methyl sites for hydroxylation is 1. The highest BCUT2D eigenvalue weighted by Crippen LogP contribution is 2.37. The van der Waals surface area contributed by atoms with Gasteiger partial charge in [0.2, 0.25) is 0 Å². The van der Waals surface area contributed by atoms with E-state index in [0.717, 1.165) is 36.3 Å². The summed E-state index contributed by atoms with van der Waals surface area (Å²) in [4.78, 5) is 11.9. The van der Waals surface area contributed by atoms with Crippen LogP contribution in [0.5, 0.6) is 0 Å². The molecule has 0 amide bonds. The highest BCUT2D eigenvalue weighted by atomic mass is 15.2. The molecular weight excluding hydrogens is 402 g/mol. The van der Waals surface area contributed by atoms with Crippen molar-refractivity contribution in [1.82, 2.24) is 25.1 Å². The first-order chi connectivity index (χ1) is 15.6. The third kappa shape index (κ3) is 3.95. The predicted molar refractivity (Wildman–Crippen MR) is 121 cm³/mol. The SMILES string of the molecule is Cc1cc(Nc2cc3nc(C#N)ccc3c(N[C@@H]3C[C@H]4CC[C@@H](C3)N4CCC#N)n2)n[nH]1. The molecule has 2 aliphatic heterocycles. The van der Waals surface area contributed by atoms with Gasteiger partial charge in [-0.3, -0.25) is 10.00 Å². The minimum atomic E-state index is 0.306. The van der Waals surface area contributed by atoms with Crippen molar-refractivity contribution in [2.45, 2.75) is 57.2 Å². The molecule has 0 unspecified atom stereocenters. The molecule has 3 atom stereocenters. The molecule has 162 valence electrons. The van der Waals surface area contributed by atoms with Gasteiger partial charge in [0.25, 0.3) is 0 Å². The number of rotatable bonds is 6. The summed E-state index contributed by atoms with van der Waals surface area (Å²) < 4.78 is 0. The molecule has 32 heavy (non-hydrogen) atoms. The number of anilines is 3. The maximum atomic E-state index is 9.29. The van der Waals surface area contributed by atoms with Crippen molar-refractivity contribution in [3.05, 3.63) is 35.7 Å². The van der Waals surface area contributed by atoms with Crippen molar-refractivity contribution >= 4 is 28.4 Å². The van der Waals surface area contributed by atoms with Gasteiger partial charge in [0.1, 0.15) is 23.4 Å². The van der Waals surface area contributed by atoms with Crippen molar-refractivity contribution in [2.24, 2.45) is 0 Å². The summed E-state index contributed by atoms with van der Waals surface area (Å²) in [6.07, 6.45) is 5.03. The number of fused-ring (bicyclic) bond motifs is 3. The second-order valence-corrected chi connectivity index (χ2v) is 8.64. The fraction of sp³-hybridized carbons (Fsp3) is 0.435. The van der Waals surface area contributed by atoms with E-state index in [0.29, 0.717) is 47.4 Å². The van der Waals surface area contributed by atoms with Crippen molar-refractivity contribution < 1.29 is 0 Å². The van der Waals surface area contributed by atoms with Crippen LogP contribution in [0.25, 0.3) is 10.9 Å². The van der Waals surface area contributed by atoms with Gasteiger partial charge >= 0.3 is 0 Å². The normalized spacial score (nSPS) is 22.4. The fourth-order valence-electron chi connectivity index (χ4n) is 5.11. The molecule has 0 spiro atoms. The third-order valence-electron chi connectivity index (χ3n) is 6.47. The molecular formula is C23H25N9. The van der Waals surface area contributed by atoms with E-state index in [-0.39, 0.29) is 0 Å². The number of pyridine rings is 2. The summed E-state index contributed by atoms with van der Waals surface area (Å²) in [6.45, 7) is 2.81. The lowest BCUT2D eigenvalue weighted by atomic mass is 9.97. The summed E-state index contributed by atoms with van der Waals surface area (Å²) >= 11 is 0. The van der Waals surface area contributed by atoms with Crippen LogP contribution in [-0.4, -0.2) is 49.7 Å². The molecule has 9 heteroatoms. The first kappa shape index (κ1) is 20.2. The maximum Gasteiger partial charge on any atom is 0.153 e. The topological polar surface area (TPSA) is 129 Å². The average molecular weight is 428 g/mol. The summed E-state index contributed by atoms with van der Waals surface area (Å²) in [5.74, 6) is 2.08. The minimum Gasteiger partial charge on any atom is -0.367 e.